The molecule has 0 aromatic carbocycles. The van der Waals surface area contributed by atoms with Crippen LogP contribution in [-0.4, -0.2) is 24.6 Å². The van der Waals surface area contributed by atoms with Crippen molar-refractivity contribution < 1.29 is 31.6 Å². The predicted octanol–water partition coefficient (Wildman–Crippen LogP) is 1.25. The Labute approximate surface area is 69.8 Å². The van der Waals surface area contributed by atoms with Crippen molar-refractivity contribution in [1.29, 1.82) is 0 Å². The van der Waals surface area contributed by atoms with Crippen molar-refractivity contribution in [3.63, 3.8) is 0 Å². The first kappa shape index (κ1) is 12.1. The summed E-state index contributed by atoms with van der Waals surface area (Å²) >= 11 is 0. The van der Waals surface area contributed by atoms with Crippen LogP contribution < -0.4 is 5.48 Å². The van der Waals surface area contributed by atoms with E-state index in [1.807, 2.05) is 0 Å². The summed E-state index contributed by atoms with van der Waals surface area (Å²) in [6, 6.07) is 0. The first-order valence-electron chi connectivity index (χ1n) is 3.10. The van der Waals surface area contributed by atoms with E-state index in [0.29, 0.717) is 0 Å². The van der Waals surface area contributed by atoms with Gasteiger partial charge in [0.15, 0.2) is 0 Å². The molecular weight excluding hydrogens is 201 g/mol. The van der Waals surface area contributed by atoms with Gasteiger partial charge in [0, 0.05) is 0 Å². The van der Waals surface area contributed by atoms with Crippen LogP contribution in [0.1, 0.15) is 6.92 Å². The molecule has 0 aliphatic rings. The Bertz CT molecular complexity index is 190. The molecule has 0 aromatic heterocycles. The van der Waals surface area contributed by atoms with Crippen molar-refractivity contribution in [2.45, 2.75) is 19.0 Å². The highest BCUT2D eigenvalue weighted by molar-refractivity contribution is 5.83. The Morgan fingerprint density at radius 3 is 2.08 bits per heavy atom. The van der Waals surface area contributed by atoms with Crippen molar-refractivity contribution in [3.8, 4) is 0 Å². The number of rotatable bonds is 3. The number of hydroxylamine groups is 1. The molecule has 0 spiro atoms. The maximum atomic E-state index is 12.0. The van der Waals surface area contributed by atoms with E-state index in [4.69, 9.17) is 0 Å². The molecule has 0 unspecified atom stereocenters. The van der Waals surface area contributed by atoms with Gasteiger partial charge in [0.25, 0.3) is 0 Å². The van der Waals surface area contributed by atoms with Crippen LogP contribution in [0.3, 0.4) is 0 Å². The molecule has 13 heavy (non-hydrogen) atoms. The molecule has 78 valence electrons. The van der Waals surface area contributed by atoms with E-state index >= 15 is 0 Å². The Balaban J connectivity index is 4.37. The van der Waals surface area contributed by atoms with E-state index < -0.39 is 18.0 Å². The minimum Gasteiger partial charge on any atom is -0.274 e. The first-order chi connectivity index (χ1) is 5.73. The van der Waals surface area contributed by atoms with Crippen LogP contribution in [0.25, 0.3) is 0 Å². The van der Waals surface area contributed by atoms with Gasteiger partial charge < -0.3 is 0 Å². The van der Waals surface area contributed by atoms with Crippen LogP contribution >= 0.6 is 0 Å². The van der Waals surface area contributed by atoms with Crippen molar-refractivity contribution in [1.82, 2.24) is 5.48 Å². The standard InChI is InChI=1S/C5H6F5NO2/c1-2-13-11-3(12)4(6,7)5(8,9)10/h2H2,1H3,(H,11,12). The lowest BCUT2D eigenvalue weighted by atomic mass is 10.3. The zero-order valence-electron chi connectivity index (χ0n) is 6.41. The molecule has 0 radical (unpaired) electrons. The summed E-state index contributed by atoms with van der Waals surface area (Å²) in [5.41, 5.74) is 0.970. The van der Waals surface area contributed by atoms with Crippen LogP contribution in [-0.2, 0) is 9.63 Å². The molecule has 0 rings (SSSR count). The van der Waals surface area contributed by atoms with Crippen molar-refractivity contribution >= 4 is 5.91 Å². The molecule has 0 aliphatic heterocycles. The smallest absolute Gasteiger partial charge is 0.274 e. The molecule has 0 aliphatic carbocycles. The highest BCUT2D eigenvalue weighted by Crippen LogP contribution is 2.35. The fraction of sp³-hybridized carbons (Fsp3) is 0.800. The van der Waals surface area contributed by atoms with Crippen LogP contribution in [0.2, 0.25) is 0 Å². The zero-order valence-corrected chi connectivity index (χ0v) is 6.41. The van der Waals surface area contributed by atoms with E-state index in [-0.39, 0.29) is 6.61 Å². The van der Waals surface area contributed by atoms with E-state index in [2.05, 4.69) is 4.84 Å². The largest absolute Gasteiger partial charge is 0.463 e. The van der Waals surface area contributed by atoms with Crippen molar-refractivity contribution in [2.24, 2.45) is 0 Å². The van der Waals surface area contributed by atoms with E-state index in [1.165, 1.54) is 6.92 Å². The molecule has 0 saturated heterocycles. The SMILES string of the molecule is CCONC(=O)C(F)(F)C(F)(F)F. The summed E-state index contributed by atoms with van der Waals surface area (Å²) in [6.45, 7) is 1.10. The number of carbonyl (C=O) groups excluding carboxylic acids is 1. The molecule has 3 nitrogen and oxygen atoms in total. The normalized spacial score (nSPS) is 12.8. The topological polar surface area (TPSA) is 38.3 Å². The Morgan fingerprint density at radius 1 is 1.31 bits per heavy atom. The Morgan fingerprint density at radius 2 is 1.77 bits per heavy atom. The maximum Gasteiger partial charge on any atom is 0.463 e. The van der Waals surface area contributed by atoms with Gasteiger partial charge in [0.2, 0.25) is 0 Å². The van der Waals surface area contributed by atoms with Gasteiger partial charge >= 0.3 is 18.0 Å². The molecule has 0 bridgehead atoms. The third-order valence-electron chi connectivity index (χ3n) is 0.950. The summed E-state index contributed by atoms with van der Waals surface area (Å²) in [5, 5.41) is 0. The number of hydrogen-bond donors (Lipinski definition) is 1. The Hall–Kier alpha value is -0.920. The average molecular weight is 207 g/mol. The second kappa shape index (κ2) is 3.86. The molecule has 0 atom stereocenters. The van der Waals surface area contributed by atoms with Crippen molar-refractivity contribution in [2.75, 3.05) is 6.61 Å². The number of nitrogens with one attached hydrogen (secondary N) is 1. The van der Waals surface area contributed by atoms with Gasteiger partial charge in [-0.1, -0.05) is 0 Å². The highest BCUT2D eigenvalue weighted by atomic mass is 19.4. The summed E-state index contributed by atoms with van der Waals surface area (Å²) in [6.07, 6.45) is -5.91. The molecule has 8 heteroatoms. The van der Waals surface area contributed by atoms with Gasteiger partial charge in [0.05, 0.1) is 6.61 Å². The molecule has 0 aromatic rings. The van der Waals surface area contributed by atoms with Gasteiger partial charge in [0.1, 0.15) is 0 Å². The second-order valence-corrected chi connectivity index (χ2v) is 1.94. The minimum absolute atomic E-state index is 0.209. The lowest BCUT2D eigenvalue weighted by molar-refractivity contribution is -0.273. The Kier molecular flexibility index (Phi) is 3.59. The number of amides is 1. The van der Waals surface area contributed by atoms with Crippen molar-refractivity contribution in [3.05, 3.63) is 0 Å². The van der Waals surface area contributed by atoms with Gasteiger partial charge in [-0.15, -0.1) is 0 Å². The summed E-state index contributed by atoms with van der Waals surface area (Å²) in [4.78, 5) is 14.1. The lowest BCUT2D eigenvalue weighted by Crippen LogP contribution is -2.50. The summed E-state index contributed by atoms with van der Waals surface area (Å²) in [5.74, 6) is -7.95. The quantitative estimate of drug-likeness (QED) is 0.558. The fourth-order valence-corrected chi connectivity index (χ4v) is 0.331. The predicted molar refractivity (Wildman–Crippen MR) is 30.8 cm³/mol. The number of alkyl halides is 5. The third kappa shape index (κ3) is 2.79. The van der Waals surface area contributed by atoms with Gasteiger partial charge in [-0.3, -0.25) is 9.63 Å². The highest BCUT2D eigenvalue weighted by Gasteiger charge is 2.63. The lowest BCUT2D eigenvalue weighted by Gasteiger charge is -2.17. The third-order valence-corrected chi connectivity index (χ3v) is 0.950. The van der Waals surface area contributed by atoms with Crippen LogP contribution in [0.4, 0.5) is 22.0 Å². The number of halogens is 5. The zero-order chi connectivity index (χ0) is 10.7. The summed E-state index contributed by atoms with van der Waals surface area (Å²) in [7, 11) is 0. The van der Waals surface area contributed by atoms with Crippen LogP contribution in [0, 0.1) is 0 Å². The minimum atomic E-state index is -5.91. The second-order valence-electron chi connectivity index (χ2n) is 1.94. The fourth-order valence-electron chi connectivity index (χ4n) is 0.331. The molecule has 0 saturated carbocycles. The monoisotopic (exact) mass is 207 g/mol. The maximum absolute atomic E-state index is 12.0. The van der Waals surface area contributed by atoms with E-state index in [1.54, 1.807) is 0 Å². The number of hydrogen-bond acceptors (Lipinski definition) is 2. The molecular formula is C5H6F5NO2. The molecule has 1 N–H and O–H groups in total. The first-order valence-corrected chi connectivity index (χ1v) is 3.10. The van der Waals surface area contributed by atoms with E-state index in [0.717, 1.165) is 5.48 Å². The molecule has 0 fully saturated rings. The van der Waals surface area contributed by atoms with Gasteiger partial charge in [-0.2, -0.15) is 22.0 Å². The van der Waals surface area contributed by atoms with Crippen LogP contribution in [0.5, 0.6) is 0 Å². The van der Waals surface area contributed by atoms with Gasteiger partial charge in [-0.05, 0) is 6.92 Å². The van der Waals surface area contributed by atoms with Crippen LogP contribution in [0.15, 0.2) is 0 Å². The number of carbonyl (C=O) groups is 1. The van der Waals surface area contributed by atoms with Gasteiger partial charge in [-0.25, -0.2) is 5.48 Å². The molecule has 0 heterocycles. The average Bonchev–Trinajstić information content (AvgIpc) is 1.97. The molecule has 1 amide bonds. The van der Waals surface area contributed by atoms with E-state index in [9.17, 15) is 26.7 Å². The summed E-state index contributed by atoms with van der Waals surface area (Å²) < 4.78 is 58.4.